The number of nitro groups is 1. The average Bonchev–Trinajstić information content (AvgIpc) is 2.98. The zero-order valence-electron chi connectivity index (χ0n) is 12.1. The number of nitrogens with two attached hydrogens (primary N) is 1. The molecule has 0 aliphatic carbocycles. The van der Waals surface area contributed by atoms with Crippen molar-refractivity contribution in [2.45, 2.75) is 18.9 Å². The van der Waals surface area contributed by atoms with Crippen LogP contribution in [-0.2, 0) is 0 Å². The topological polar surface area (TPSA) is 85.3 Å². The molecule has 1 aliphatic heterocycles. The third-order valence-electron chi connectivity index (χ3n) is 3.96. The van der Waals surface area contributed by atoms with Crippen molar-refractivity contribution in [3.63, 3.8) is 0 Å². The molecule has 0 saturated carbocycles. The molecule has 2 heterocycles. The number of aromatic nitrogens is 1. The van der Waals surface area contributed by atoms with Crippen LogP contribution in [0.5, 0.6) is 0 Å². The molecule has 0 amide bonds. The highest BCUT2D eigenvalue weighted by atomic mass is 19.1. The van der Waals surface area contributed by atoms with E-state index in [0.717, 1.165) is 24.8 Å². The number of benzene rings is 1. The zero-order chi connectivity index (χ0) is 16.6. The van der Waals surface area contributed by atoms with Gasteiger partial charge in [0.05, 0.1) is 11.0 Å². The molecule has 1 aromatic carbocycles. The van der Waals surface area contributed by atoms with Crippen LogP contribution in [0, 0.1) is 21.7 Å². The number of nitrogen functional groups attached to an aromatic ring is 1. The minimum absolute atomic E-state index is 0.00892. The normalized spacial score (nSPS) is 17.5. The van der Waals surface area contributed by atoms with E-state index < -0.39 is 16.6 Å². The fraction of sp³-hybridized carbons (Fsp3) is 0.267. The van der Waals surface area contributed by atoms with Gasteiger partial charge in [-0.15, -0.1) is 0 Å². The van der Waals surface area contributed by atoms with E-state index in [0.29, 0.717) is 18.8 Å². The molecule has 1 fully saturated rings. The highest BCUT2D eigenvalue weighted by molar-refractivity contribution is 5.63. The number of anilines is 2. The molecule has 0 unspecified atom stereocenters. The SMILES string of the molecule is Nc1cc(N2CCC[C@@H]2c2cc(F)ccc2F)ncc1[N+](=O)[O-]. The van der Waals surface area contributed by atoms with Crippen molar-refractivity contribution in [2.75, 3.05) is 17.2 Å². The van der Waals surface area contributed by atoms with Crippen LogP contribution >= 0.6 is 0 Å². The van der Waals surface area contributed by atoms with Crippen molar-refractivity contribution in [1.82, 2.24) is 4.98 Å². The van der Waals surface area contributed by atoms with E-state index in [-0.39, 0.29) is 23.0 Å². The van der Waals surface area contributed by atoms with Gasteiger partial charge in [-0.05, 0) is 31.0 Å². The summed E-state index contributed by atoms with van der Waals surface area (Å²) in [4.78, 5) is 16.0. The molecule has 1 atom stereocenters. The van der Waals surface area contributed by atoms with E-state index in [4.69, 9.17) is 5.73 Å². The van der Waals surface area contributed by atoms with E-state index in [2.05, 4.69) is 4.98 Å². The molecule has 1 aliphatic rings. The van der Waals surface area contributed by atoms with Crippen molar-refractivity contribution in [2.24, 2.45) is 0 Å². The van der Waals surface area contributed by atoms with Crippen molar-refractivity contribution >= 4 is 17.2 Å². The molecule has 120 valence electrons. The van der Waals surface area contributed by atoms with Crippen LogP contribution in [-0.4, -0.2) is 16.5 Å². The van der Waals surface area contributed by atoms with Crippen molar-refractivity contribution < 1.29 is 13.7 Å². The maximum Gasteiger partial charge on any atom is 0.310 e. The minimum atomic E-state index is -0.611. The molecule has 3 rings (SSSR count). The Hall–Kier alpha value is -2.77. The van der Waals surface area contributed by atoms with Gasteiger partial charge in [0.15, 0.2) is 0 Å². The summed E-state index contributed by atoms with van der Waals surface area (Å²) in [6.07, 6.45) is 2.50. The van der Waals surface area contributed by atoms with Gasteiger partial charge in [-0.1, -0.05) is 0 Å². The van der Waals surface area contributed by atoms with Gasteiger partial charge in [0, 0.05) is 18.2 Å². The molecule has 2 N–H and O–H groups in total. The van der Waals surface area contributed by atoms with Gasteiger partial charge >= 0.3 is 5.69 Å². The molecular formula is C15H14F2N4O2. The monoisotopic (exact) mass is 320 g/mol. The number of hydrogen-bond donors (Lipinski definition) is 1. The Labute approximate surface area is 130 Å². The highest BCUT2D eigenvalue weighted by Crippen LogP contribution is 2.38. The minimum Gasteiger partial charge on any atom is -0.393 e. The standard InChI is InChI=1S/C15H14F2N4O2/c16-9-3-4-11(17)10(6-9)13-2-1-5-20(13)15-7-12(18)14(8-19-15)21(22)23/h3-4,6-8,13H,1-2,5H2,(H2,18,19)/t13-/m1/s1. The third kappa shape index (κ3) is 2.79. The van der Waals surface area contributed by atoms with E-state index in [1.54, 1.807) is 4.90 Å². The predicted molar refractivity (Wildman–Crippen MR) is 81.0 cm³/mol. The van der Waals surface area contributed by atoms with Crippen LogP contribution in [0.15, 0.2) is 30.5 Å². The lowest BCUT2D eigenvalue weighted by molar-refractivity contribution is -0.384. The molecule has 1 saturated heterocycles. The smallest absolute Gasteiger partial charge is 0.310 e. The summed E-state index contributed by atoms with van der Waals surface area (Å²) in [5.41, 5.74) is 5.65. The van der Waals surface area contributed by atoms with Crippen molar-refractivity contribution in [3.05, 3.63) is 57.8 Å². The van der Waals surface area contributed by atoms with Crippen molar-refractivity contribution in [3.8, 4) is 0 Å². The van der Waals surface area contributed by atoms with Gasteiger partial charge in [-0.3, -0.25) is 10.1 Å². The fourth-order valence-electron chi connectivity index (χ4n) is 2.90. The van der Waals surface area contributed by atoms with Gasteiger partial charge in [-0.25, -0.2) is 13.8 Å². The molecule has 2 aromatic rings. The molecule has 8 heteroatoms. The molecule has 6 nitrogen and oxygen atoms in total. The molecule has 23 heavy (non-hydrogen) atoms. The second-order valence-electron chi connectivity index (χ2n) is 5.38. The van der Waals surface area contributed by atoms with E-state index in [1.807, 2.05) is 0 Å². The molecular weight excluding hydrogens is 306 g/mol. The Balaban J connectivity index is 1.97. The first-order valence-corrected chi connectivity index (χ1v) is 7.09. The largest absolute Gasteiger partial charge is 0.393 e. The second-order valence-corrected chi connectivity index (χ2v) is 5.38. The number of hydrogen-bond acceptors (Lipinski definition) is 5. The number of rotatable bonds is 3. The lowest BCUT2D eigenvalue weighted by atomic mass is 10.0. The van der Waals surface area contributed by atoms with Gasteiger partial charge in [0.25, 0.3) is 0 Å². The first kappa shape index (κ1) is 15.1. The van der Waals surface area contributed by atoms with E-state index >= 15 is 0 Å². The molecule has 1 aromatic heterocycles. The summed E-state index contributed by atoms with van der Waals surface area (Å²) in [5.74, 6) is -0.582. The second kappa shape index (κ2) is 5.79. The number of pyridine rings is 1. The predicted octanol–water partition coefficient (Wildman–Crippen LogP) is 3.19. The van der Waals surface area contributed by atoms with E-state index in [1.165, 1.54) is 12.1 Å². The van der Waals surface area contributed by atoms with Crippen LogP contribution in [0.1, 0.15) is 24.4 Å². The van der Waals surface area contributed by atoms with Crippen LogP contribution in [0.25, 0.3) is 0 Å². The van der Waals surface area contributed by atoms with Crippen LogP contribution in [0.3, 0.4) is 0 Å². The van der Waals surface area contributed by atoms with Crippen LogP contribution in [0.4, 0.5) is 26.0 Å². The Morgan fingerprint density at radius 3 is 2.83 bits per heavy atom. The molecule has 0 radical (unpaired) electrons. The summed E-state index contributed by atoms with van der Waals surface area (Å²) in [6.45, 7) is 0.588. The Morgan fingerprint density at radius 1 is 1.35 bits per heavy atom. The van der Waals surface area contributed by atoms with E-state index in [9.17, 15) is 18.9 Å². The quantitative estimate of drug-likeness (QED) is 0.693. The summed E-state index contributed by atoms with van der Waals surface area (Å²) in [6, 6.07) is 4.36. The maximum atomic E-state index is 14.0. The molecule has 0 bridgehead atoms. The lowest BCUT2D eigenvalue weighted by Gasteiger charge is -2.26. The zero-order valence-corrected chi connectivity index (χ0v) is 12.1. The van der Waals surface area contributed by atoms with Crippen LogP contribution < -0.4 is 10.6 Å². The Kier molecular flexibility index (Phi) is 3.81. The number of nitrogens with zero attached hydrogens (tertiary/aromatic N) is 3. The summed E-state index contributed by atoms with van der Waals surface area (Å²) in [7, 11) is 0. The van der Waals surface area contributed by atoms with Crippen LogP contribution in [0.2, 0.25) is 0 Å². The summed E-state index contributed by atoms with van der Waals surface area (Å²) >= 11 is 0. The van der Waals surface area contributed by atoms with Gasteiger partial charge in [0.1, 0.15) is 29.3 Å². The maximum absolute atomic E-state index is 14.0. The average molecular weight is 320 g/mol. The van der Waals surface area contributed by atoms with Gasteiger partial charge in [0.2, 0.25) is 0 Å². The first-order valence-electron chi connectivity index (χ1n) is 7.09. The lowest BCUT2D eigenvalue weighted by Crippen LogP contribution is -2.24. The van der Waals surface area contributed by atoms with Crippen molar-refractivity contribution in [1.29, 1.82) is 0 Å². The van der Waals surface area contributed by atoms with Gasteiger partial charge < -0.3 is 10.6 Å². The Bertz CT molecular complexity index is 769. The summed E-state index contributed by atoms with van der Waals surface area (Å²) < 4.78 is 27.5. The number of halogens is 2. The highest BCUT2D eigenvalue weighted by Gasteiger charge is 2.30. The summed E-state index contributed by atoms with van der Waals surface area (Å²) in [5, 5.41) is 10.8. The fourth-order valence-corrected chi connectivity index (χ4v) is 2.90. The third-order valence-corrected chi connectivity index (χ3v) is 3.96. The Morgan fingerprint density at radius 2 is 2.13 bits per heavy atom. The molecule has 0 spiro atoms. The first-order chi connectivity index (χ1) is 11.0. The van der Waals surface area contributed by atoms with Gasteiger partial charge in [-0.2, -0.15) is 0 Å².